The van der Waals surface area contributed by atoms with Crippen LogP contribution in [-0.2, 0) is 11.2 Å². The van der Waals surface area contributed by atoms with Crippen molar-refractivity contribution in [2.24, 2.45) is 0 Å². The number of anilines is 1. The molecule has 0 atom stereocenters. The molecule has 6 nitrogen and oxygen atoms in total. The molecule has 2 aromatic heterocycles. The second-order valence-corrected chi connectivity index (χ2v) is 5.57. The first-order valence-corrected chi connectivity index (χ1v) is 7.72. The first-order chi connectivity index (χ1) is 11.6. The Balaban J connectivity index is 1.60. The van der Waals surface area contributed by atoms with Crippen molar-refractivity contribution in [3.05, 3.63) is 59.7 Å². The highest BCUT2D eigenvalue weighted by Gasteiger charge is 2.12. The molecule has 0 aliphatic heterocycles. The van der Waals surface area contributed by atoms with Crippen molar-refractivity contribution in [1.29, 1.82) is 0 Å². The molecule has 0 fully saturated rings. The van der Waals surface area contributed by atoms with Gasteiger partial charge in [-0.2, -0.15) is 4.98 Å². The van der Waals surface area contributed by atoms with Crippen molar-refractivity contribution in [3.63, 3.8) is 0 Å². The quantitative estimate of drug-likeness (QED) is 0.779. The minimum Gasteiger partial charge on any atom is -0.339 e. The van der Waals surface area contributed by atoms with Gasteiger partial charge in [0, 0.05) is 36.5 Å². The van der Waals surface area contributed by atoms with Gasteiger partial charge in [0.05, 0.1) is 0 Å². The van der Waals surface area contributed by atoms with Gasteiger partial charge >= 0.3 is 0 Å². The molecule has 1 aromatic carbocycles. The molecule has 0 saturated heterocycles. The second kappa shape index (κ2) is 7.04. The summed E-state index contributed by atoms with van der Waals surface area (Å²) in [4.78, 5) is 20.5. The summed E-state index contributed by atoms with van der Waals surface area (Å²) in [5.41, 5.74) is 3.73. The third-order valence-electron chi connectivity index (χ3n) is 3.70. The number of rotatable bonds is 5. The average Bonchev–Trinajstić information content (AvgIpc) is 3.06. The van der Waals surface area contributed by atoms with Crippen LogP contribution in [0.25, 0.3) is 11.4 Å². The van der Waals surface area contributed by atoms with Crippen LogP contribution < -0.4 is 5.32 Å². The number of carbonyl (C=O) groups excluding carboxylic acids is 1. The molecule has 122 valence electrons. The summed E-state index contributed by atoms with van der Waals surface area (Å²) in [7, 11) is 0. The Morgan fingerprint density at radius 3 is 2.67 bits per heavy atom. The normalized spacial score (nSPS) is 10.6. The van der Waals surface area contributed by atoms with Crippen LogP contribution in [0.15, 0.2) is 47.2 Å². The third-order valence-corrected chi connectivity index (χ3v) is 3.70. The van der Waals surface area contributed by atoms with Gasteiger partial charge in [-0.1, -0.05) is 23.4 Å². The fraction of sp³-hybridized carbons (Fsp3) is 0.222. The van der Waals surface area contributed by atoms with E-state index in [0.29, 0.717) is 18.1 Å². The lowest BCUT2D eigenvalue weighted by molar-refractivity contribution is -0.116. The summed E-state index contributed by atoms with van der Waals surface area (Å²) in [6, 6.07) is 9.58. The summed E-state index contributed by atoms with van der Waals surface area (Å²) >= 11 is 0. The summed E-state index contributed by atoms with van der Waals surface area (Å²) in [6.45, 7) is 3.95. The van der Waals surface area contributed by atoms with Gasteiger partial charge in [-0.3, -0.25) is 9.78 Å². The Labute approximate surface area is 139 Å². The van der Waals surface area contributed by atoms with Gasteiger partial charge in [0.2, 0.25) is 17.6 Å². The molecular formula is C18H18N4O2. The summed E-state index contributed by atoms with van der Waals surface area (Å²) in [5, 5.41) is 6.87. The van der Waals surface area contributed by atoms with E-state index in [1.165, 1.54) is 0 Å². The first kappa shape index (κ1) is 15.9. The molecule has 0 unspecified atom stereocenters. The number of hydrogen-bond donors (Lipinski definition) is 1. The van der Waals surface area contributed by atoms with E-state index in [0.717, 1.165) is 22.4 Å². The highest BCUT2D eigenvalue weighted by Crippen LogP contribution is 2.20. The van der Waals surface area contributed by atoms with Crippen LogP contribution in [0, 0.1) is 13.8 Å². The van der Waals surface area contributed by atoms with Crippen molar-refractivity contribution >= 4 is 11.6 Å². The van der Waals surface area contributed by atoms with Gasteiger partial charge in [-0.25, -0.2) is 0 Å². The predicted molar refractivity (Wildman–Crippen MR) is 90.4 cm³/mol. The number of hydrogen-bond acceptors (Lipinski definition) is 5. The Bertz CT molecular complexity index is 823. The van der Waals surface area contributed by atoms with Crippen molar-refractivity contribution in [3.8, 4) is 11.4 Å². The van der Waals surface area contributed by atoms with Crippen LogP contribution in [0.1, 0.15) is 23.4 Å². The number of benzene rings is 1. The maximum absolute atomic E-state index is 12.2. The molecule has 3 aromatic rings. The van der Waals surface area contributed by atoms with Crippen LogP contribution in [0.3, 0.4) is 0 Å². The van der Waals surface area contributed by atoms with Gasteiger partial charge in [0.15, 0.2) is 0 Å². The lowest BCUT2D eigenvalue weighted by Crippen LogP contribution is -2.14. The van der Waals surface area contributed by atoms with Gasteiger partial charge in [-0.05, 0) is 37.1 Å². The van der Waals surface area contributed by atoms with E-state index in [4.69, 9.17) is 4.52 Å². The molecule has 1 N–H and O–H groups in total. The van der Waals surface area contributed by atoms with E-state index in [2.05, 4.69) is 20.4 Å². The highest BCUT2D eigenvalue weighted by atomic mass is 16.5. The second-order valence-electron chi connectivity index (χ2n) is 5.57. The fourth-order valence-electron chi connectivity index (χ4n) is 2.40. The zero-order valence-corrected chi connectivity index (χ0v) is 13.6. The average molecular weight is 322 g/mol. The molecule has 6 heteroatoms. The highest BCUT2D eigenvalue weighted by molar-refractivity contribution is 5.92. The Morgan fingerprint density at radius 1 is 1.17 bits per heavy atom. The van der Waals surface area contributed by atoms with Crippen molar-refractivity contribution in [1.82, 2.24) is 15.1 Å². The molecule has 24 heavy (non-hydrogen) atoms. The maximum atomic E-state index is 12.2. The summed E-state index contributed by atoms with van der Waals surface area (Å²) < 4.78 is 5.20. The standard InChI is InChI=1S/C18H18N4O2/c1-12-5-3-6-13(2)17(12)20-15(23)8-9-16-21-18(22-24-16)14-7-4-10-19-11-14/h3-7,10-11H,8-9H2,1-2H3,(H,20,23). The monoisotopic (exact) mass is 322 g/mol. The Kier molecular flexibility index (Phi) is 4.65. The molecule has 0 aliphatic rings. The lowest BCUT2D eigenvalue weighted by Gasteiger charge is -2.10. The van der Waals surface area contributed by atoms with Crippen LogP contribution >= 0.6 is 0 Å². The number of amides is 1. The molecule has 3 rings (SSSR count). The van der Waals surface area contributed by atoms with Crippen molar-refractivity contribution in [2.75, 3.05) is 5.32 Å². The van der Waals surface area contributed by atoms with E-state index in [1.54, 1.807) is 12.4 Å². The van der Waals surface area contributed by atoms with Gasteiger partial charge < -0.3 is 9.84 Å². The number of para-hydroxylation sites is 1. The Morgan fingerprint density at radius 2 is 1.96 bits per heavy atom. The zero-order chi connectivity index (χ0) is 16.9. The number of aryl methyl sites for hydroxylation is 3. The SMILES string of the molecule is Cc1cccc(C)c1NC(=O)CCc1nc(-c2cccnc2)no1. The van der Waals surface area contributed by atoms with Gasteiger partial charge in [-0.15, -0.1) is 0 Å². The third kappa shape index (κ3) is 3.65. The van der Waals surface area contributed by atoms with Crippen LogP contribution in [0.5, 0.6) is 0 Å². The predicted octanol–water partition coefficient (Wildman–Crippen LogP) is 3.32. The topological polar surface area (TPSA) is 80.9 Å². The Hall–Kier alpha value is -3.02. The molecule has 0 spiro atoms. The van der Waals surface area contributed by atoms with Crippen molar-refractivity contribution < 1.29 is 9.32 Å². The fourth-order valence-corrected chi connectivity index (χ4v) is 2.40. The smallest absolute Gasteiger partial charge is 0.227 e. The number of nitrogens with zero attached hydrogens (tertiary/aromatic N) is 3. The number of carbonyl (C=O) groups is 1. The van der Waals surface area contributed by atoms with Crippen LogP contribution in [-0.4, -0.2) is 21.0 Å². The number of pyridine rings is 1. The lowest BCUT2D eigenvalue weighted by atomic mass is 10.1. The summed E-state index contributed by atoms with van der Waals surface area (Å²) in [6.07, 6.45) is 4.02. The molecule has 1 amide bonds. The van der Waals surface area contributed by atoms with Crippen LogP contribution in [0.2, 0.25) is 0 Å². The van der Waals surface area contributed by atoms with E-state index in [9.17, 15) is 4.79 Å². The van der Waals surface area contributed by atoms with Crippen LogP contribution in [0.4, 0.5) is 5.69 Å². The van der Waals surface area contributed by atoms with E-state index >= 15 is 0 Å². The maximum Gasteiger partial charge on any atom is 0.227 e. The molecule has 2 heterocycles. The van der Waals surface area contributed by atoms with Crippen molar-refractivity contribution in [2.45, 2.75) is 26.7 Å². The largest absolute Gasteiger partial charge is 0.339 e. The number of nitrogens with one attached hydrogen (secondary N) is 1. The molecule has 0 radical (unpaired) electrons. The van der Waals surface area contributed by atoms with E-state index in [1.807, 2.05) is 44.2 Å². The minimum atomic E-state index is -0.0754. The molecule has 0 bridgehead atoms. The van der Waals surface area contributed by atoms with E-state index < -0.39 is 0 Å². The first-order valence-electron chi connectivity index (χ1n) is 7.72. The number of aromatic nitrogens is 3. The van der Waals surface area contributed by atoms with E-state index in [-0.39, 0.29) is 12.3 Å². The molecule has 0 saturated carbocycles. The van der Waals surface area contributed by atoms with Gasteiger partial charge in [0.25, 0.3) is 0 Å². The zero-order valence-electron chi connectivity index (χ0n) is 13.6. The molecular weight excluding hydrogens is 304 g/mol. The minimum absolute atomic E-state index is 0.0754. The van der Waals surface area contributed by atoms with Gasteiger partial charge in [0.1, 0.15) is 0 Å². The molecule has 0 aliphatic carbocycles. The summed E-state index contributed by atoms with van der Waals surface area (Å²) in [5.74, 6) is 0.840.